The van der Waals surface area contributed by atoms with Gasteiger partial charge in [-0.2, -0.15) is 18.3 Å². The third-order valence-electron chi connectivity index (χ3n) is 7.65. The Morgan fingerprint density at radius 3 is 2.35 bits per heavy atom. The number of carbonyl (C=O) groups is 2. The second-order valence-corrected chi connectivity index (χ2v) is 10.2. The third kappa shape index (κ3) is 4.54. The highest BCUT2D eigenvalue weighted by Crippen LogP contribution is 2.60. The molecule has 10 heteroatoms. The highest BCUT2D eigenvalue weighted by molar-refractivity contribution is 5.93. The fourth-order valence-electron chi connectivity index (χ4n) is 6.58. The van der Waals surface area contributed by atoms with Crippen LogP contribution in [0.3, 0.4) is 0 Å². The van der Waals surface area contributed by atoms with Gasteiger partial charge in [-0.3, -0.25) is 9.59 Å². The number of carbonyl (C=O) groups excluding carboxylic acids is 2. The van der Waals surface area contributed by atoms with Crippen molar-refractivity contribution >= 4 is 17.5 Å². The lowest BCUT2D eigenvalue weighted by Gasteiger charge is -2.55. The predicted molar refractivity (Wildman–Crippen MR) is 118 cm³/mol. The largest absolute Gasteiger partial charge is 0.416 e. The van der Waals surface area contributed by atoms with Crippen LogP contribution in [-0.2, 0) is 15.8 Å². The highest BCUT2D eigenvalue weighted by atomic mass is 19.4. The number of nitrogens with one attached hydrogen (secondary N) is 2. The maximum Gasteiger partial charge on any atom is 0.416 e. The fraction of sp³-hybridized carbons (Fsp3) is 0.583. The van der Waals surface area contributed by atoms with Gasteiger partial charge in [0.25, 0.3) is 0 Å². The van der Waals surface area contributed by atoms with Crippen LogP contribution in [0.15, 0.2) is 30.9 Å². The van der Waals surface area contributed by atoms with E-state index in [9.17, 15) is 22.8 Å². The van der Waals surface area contributed by atoms with Gasteiger partial charge in [0.15, 0.2) is 0 Å². The van der Waals surface area contributed by atoms with Crippen molar-refractivity contribution in [1.82, 2.24) is 20.1 Å². The zero-order valence-electron chi connectivity index (χ0n) is 18.8. The molecule has 7 nitrogen and oxygen atoms in total. The van der Waals surface area contributed by atoms with E-state index in [1.165, 1.54) is 42.7 Å². The predicted octanol–water partition coefficient (Wildman–Crippen LogP) is 4.34. The molecule has 4 fully saturated rings. The molecule has 1 aromatic heterocycles. The number of benzene rings is 1. The summed E-state index contributed by atoms with van der Waals surface area (Å²) in [5.74, 6) is 1.71. The molecule has 4 saturated carbocycles. The zero-order valence-corrected chi connectivity index (χ0v) is 18.8. The molecule has 2 N–H and O–H groups in total. The Bertz CT molecular complexity index is 1030. The van der Waals surface area contributed by atoms with Crippen LogP contribution in [0.25, 0.3) is 5.69 Å². The van der Waals surface area contributed by atoms with Crippen LogP contribution >= 0.6 is 0 Å². The summed E-state index contributed by atoms with van der Waals surface area (Å²) in [5.41, 5.74) is -0.812. The molecular weight excluding hydrogens is 447 g/mol. The first kappa shape index (κ1) is 22.9. The second kappa shape index (κ2) is 8.70. The molecule has 182 valence electrons. The Labute approximate surface area is 195 Å². The summed E-state index contributed by atoms with van der Waals surface area (Å²) in [6.45, 7) is 0.368. The summed E-state index contributed by atoms with van der Waals surface area (Å²) in [5, 5.41) is 9.54. The van der Waals surface area contributed by atoms with Crippen LogP contribution in [0.4, 0.5) is 18.9 Å². The van der Waals surface area contributed by atoms with E-state index in [1.807, 2.05) is 0 Å². The number of nitrogens with zero attached hydrogens (tertiary/aromatic N) is 3. The Balaban J connectivity index is 1.16. The molecular formula is C24H28F3N5O2. The molecule has 2 amide bonds. The highest BCUT2D eigenvalue weighted by Gasteiger charge is 2.54. The average molecular weight is 476 g/mol. The monoisotopic (exact) mass is 475 g/mol. The van der Waals surface area contributed by atoms with Gasteiger partial charge >= 0.3 is 6.18 Å². The number of hydrogen-bond donors (Lipinski definition) is 2. The summed E-state index contributed by atoms with van der Waals surface area (Å²) >= 11 is 0. The SMILES string of the molecule is O=C(CCCNC(=O)C12CC3CC(CC(C3)C1)C2)Nc1cc(C(F)(F)F)ccc1-n1cncn1. The fourth-order valence-corrected chi connectivity index (χ4v) is 6.58. The molecule has 4 aliphatic carbocycles. The molecule has 0 aliphatic heterocycles. The smallest absolute Gasteiger partial charge is 0.356 e. The van der Waals surface area contributed by atoms with E-state index in [2.05, 4.69) is 20.7 Å². The van der Waals surface area contributed by atoms with Crippen molar-refractivity contribution in [2.45, 2.75) is 57.5 Å². The topological polar surface area (TPSA) is 88.9 Å². The van der Waals surface area contributed by atoms with E-state index in [0.29, 0.717) is 30.7 Å². The van der Waals surface area contributed by atoms with Gasteiger partial charge in [-0.1, -0.05) is 0 Å². The molecule has 6 rings (SSSR count). The minimum atomic E-state index is -4.54. The van der Waals surface area contributed by atoms with Crippen molar-refractivity contribution in [1.29, 1.82) is 0 Å². The molecule has 0 spiro atoms. The molecule has 34 heavy (non-hydrogen) atoms. The van der Waals surface area contributed by atoms with Crippen LogP contribution in [0, 0.1) is 23.2 Å². The lowest BCUT2D eigenvalue weighted by molar-refractivity contribution is -0.146. The summed E-state index contributed by atoms with van der Waals surface area (Å²) in [4.78, 5) is 29.3. The Hall–Kier alpha value is -2.91. The van der Waals surface area contributed by atoms with Crippen molar-refractivity contribution in [3.8, 4) is 5.69 Å². The van der Waals surface area contributed by atoms with Gasteiger partial charge in [-0.25, -0.2) is 9.67 Å². The molecule has 1 heterocycles. The van der Waals surface area contributed by atoms with E-state index in [-0.39, 0.29) is 29.1 Å². The number of halogens is 3. The van der Waals surface area contributed by atoms with Gasteiger partial charge in [0.2, 0.25) is 11.8 Å². The number of anilines is 1. The van der Waals surface area contributed by atoms with Gasteiger partial charge in [0.05, 0.1) is 16.9 Å². The third-order valence-corrected chi connectivity index (χ3v) is 7.65. The molecule has 4 aliphatic rings. The molecule has 0 atom stereocenters. The van der Waals surface area contributed by atoms with E-state index in [1.54, 1.807) is 0 Å². The minimum Gasteiger partial charge on any atom is -0.356 e. The van der Waals surface area contributed by atoms with Gasteiger partial charge in [0, 0.05) is 18.4 Å². The molecule has 0 unspecified atom stereocenters. The average Bonchev–Trinajstić information content (AvgIpc) is 3.29. The standard InChI is InChI=1S/C24H28F3N5O2/c25-24(26,27)18-3-4-20(32-14-28-13-30-32)19(9-18)31-21(33)2-1-5-29-22(34)23-10-15-6-16(11-23)8-17(7-15)12-23/h3-4,9,13-17H,1-2,5-8,10-12H2,(H,29,34)(H,31,33). The number of aromatic nitrogens is 3. The van der Waals surface area contributed by atoms with Crippen molar-refractivity contribution < 1.29 is 22.8 Å². The summed E-state index contributed by atoms with van der Waals surface area (Å²) in [6.07, 6.45) is 5.27. The van der Waals surface area contributed by atoms with E-state index in [4.69, 9.17) is 0 Å². The van der Waals surface area contributed by atoms with E-state index >= 15 is 0 Å². The summed E-state index contributed by atoms with van der Waals surface area (Å²) in [7, 11) is 0. The minimum absolute atomic E-state index is 0.00271. The molecule has 4 bridgehead atoms. The molecule has 0 radical (unpaired) electrons. The summed E-state index contributed by atoms with van der Waals surface area (Å²) < 4.78 is 40.8. The zero-order chi connectivity index (χ0) is 23.9. The Kier molecular flexibility index (Phi) is 5.85. The molecule has 0 saturated heterocycles. The van der Waals surface area contributed by atoms with E-state index < -0.39 is 17.6 Å². The second-order valence-electron chi connectivity index (χ2n) is 10.2. The van der Waals surface area contributed by atoms with Crippen molar-refractivity contribution in [2.75, 3.05) is 11.9 Å². The molecule has 2 aromatic rings. The van der Waals surface area contributed by atoms with Crippen LogP contribution in [0.2, 0.25) is 0 Å². The number of alkyl halides is 3. The van der Waals surface area contributed by atoms with E-state index in [0.717, 1.165) is 31.4 Å². The van der Waals surface area contributed by atoms with Crippen LogP contribution < -0.4 is 10.6 Å². The maximum atomic E-state index is 13.2. The maximum absolute atomic E-state index is 13.2. The Morgan fingerprint density at radius 1 is 1.09 bits per heavy atom. The van der Waals surface area contributed by atoms with Gasteiger partial charge in [0.1, 0.15) is 12.7 Å². The first-order valence-corrected chi connectivity index (χ1v) is 11.9. The van der Waals surface area contributed by atoms with Gasteiger partial charge < -0.3 is 10.6 Å². The van der Waals surface area contributed by atoms with Crippen molar-refractivity contribution in [3.63, 3.8) is 0 Å². The quantitative estimate of drug-likeness (QED) is 0.583. The Morgan fingerprint density at radius 2 is 1.76 bits per heavy atom. The van der Waals surface area contributed by atoms with Crippen molar-refractivity contribution in [3.05, 3.63) is 36.4 Å². The van der Waals surface area contributed by atoms with Crippen LogP contribution in [-0.4, -0.2) is 33.1 Å². The lowest BCUT2D eigenvalue weighted by Crippen LogP contribution is -2.53. The molecule has 1 aromatic carbocycles. The van der Waals surface area contributed by atoms with Gasteiger partial charge in [-0.15, -0.1) is 0 Å². The first-order valence-electron chi connectivity index (χ1n) is 11.9. The van der Waals surface area contributed by atoms with Crippen molar-refractivity contribution in [2.24, 2.45) is 23.2 Å². The van der Waals surface area contributed by atoms with Gasteiger partial charge in [-0.05, 0) is 80.9 Å². The van der Waals surface area contributed by atoms with Crippen LogP contribution in [0.1, 0.15) is 56.9 Å². The lowest BCUT2D eigenvalue weighted by atomic mass is 9.49. The first-order chi connectivity index (χ1) is 16.2. The number of hydrogen-bond acceptors (Lipinski definition) is 4. The number of rotatable bonds is 7. The summed E-state index contributed by atoms with van der Waals surface area (Å²) in [6, 6.07) is 3.08. The normalized spacial score (nSPS) is 27.6. The van der Waals surface area contributed by atoms with Crippen LogP contribution in [0.5, 0.6) is 0 Å². The number of amides is 2.